The molecule has 0 aliphatic carbocycles. The molecule has 24 heavy (non-hydrogen) atoms. The van der Waals surface area contributed by atoms with Gasteiger partial charge in [-0.1, -0.05) is 50.2 Å². The number of hydrogen-bond acceptors (Lipinski definition) is 3. The molecule has 0 saturated heterocycles. The van der Waals surface area contributed by atoms with Crippen molar-refractivity contribution in [3.63, 3.8) is 0 Å². The first-order valence-electron chi connectivity index (χ1n) is 8.32. The molecule has 3 N–H and O–H groups in total. The van der Waals surface area contributed by atoms with Gasteiger partial charge in [-0.3, -0.25) is 4.79 Å². The molecule has 0 heterocycles. The Labute approximate surface area is 145 Å². The molecule has 0 spiro atoms. The number of anilines is 1. The lowest BCUT2D eigenvalue weighted by molar-refractivity contribution is 0.103. The number of carbonyl (C=O) groups is 1. The quantitative estimate of drug-likeness (QED) is 0.465. The van der Waals surface area contributed by atoms with Crippen LogP contribution in [0, 0.1) is 0 Å². The fourth-order valence-electron chi connectivity index (χ4n) is 2.44. The summed E-state index contributed by atoms with van der Waals surface area (Å²) in [6, 6.07) is 14.8. The zero-order chi connectivity index (χ0) is 18.0. The van der Waals surface area contributed by atoms with Crippen molar-refractivity contribution < 1.29 is 9.59 Å². The van der Waals surface area contributed by atoms with Gasteiger partial charge in [-0.25, -0.2) is 0 Å². The molecule has 0 aromatic heterocycles. The number of carbonyl (C=O) groups excluding carboxylic acids is 1. The third-order valence-electron chi connectivity index (χ3n) is 5.12. The number of hydrogen-bond donors (Lipinski definition) is 2. The van der Waals surface area contributed by atoms with Crippen LogP contribution in [-0.2, 0) is 6.42 Å². The van der Waals surface area contributed by atoms with E-state index in [9.17, 15) is 9.59 Å². The van der Waals surface area contributed by atoms with Crippen molar-refractivity contribution in [3.8, 4) is 0 Å². The van der Waals surface area contributed by atoms with E-state index in [1.807, 2.05) is 49.5 Å². The van der Waals surface area contributed by atoms with E-state index in [1.54, 1.807) is 12.1 Å². The van der Waals surface area contributed by atoms with Gasteiger partial charge in [0.1, 0.15) is 0 Å². The van der Waals surface area contributed by atoms with Crippen molar-refractivity contribution >= 4 is 19.8 Å². The minimum atomic E-state index is -2.19. The van der Waals surface area contributed by atoms with Gasteiger partial charge < -0.3 is 10.5 Å². The SMILES string of the molecule is CC(C)(CCc1ccc(C(=O)c2ccccc2N)cc1)[Si](C)(C)O. The van der Waals surface area contributed by atoms with E-state index >= 15 is 0 Å². The summed E-state index contributed by atoms with van der Waals surface area (Å²) in [5.41, 5.74) is 8.75. The highest BCUT2D eigenvalue weighted by Crippen LogP contribution is 2.39. The average Bonchev–Trinajstić information content (AvgIpc) is 2.52. The first kappa shape index (κ1) is 18.4. The third-order valence-corrected chi connectivity index (χ3v) is 8.68. The molecule has 2 rings (SSSR count). The van der Waals surface area contributed by atoms with E-state index < -0.39 is 8.32 Å². The predicted octanol–water partition coefficient (Wildman–Crippen LogP) is 4.41. The maximum atomic E-state index is 12.5. The van der Waals surface area contributed by atoms with Crippen molar-refractivity contribution in [2.24, 2.45) is 0 Å². The Kier molecular flexibility index (Phi) is 5.31. The number of nitrogens with two attached hydrogens (primary N) is 1. The molecule has 0 bridgehead atoms. The van der Waals surface area contributed by atoms with Crippen LogP contribution in [0.25, 0.3) is 0 Å². The van der Waals surface area contributed by atoms with Gasteiger partial charge in [0.2, 0.25) is 0 Å². The second-order valence-electron chi connectivity index (χ2n) is 7.56. The zero-order valence-electron chi connectivity index (χ0n) is 15.0. The van der Waals surface area contributed by atoms with Crippen molar-refractivity contribution in [3.05, 3.63) is 65.2 Å². The highest BCUT2D eigenvalue weighted by atomic mass is 28.4. The van der Waals surface area contributed by atoms with E-state index in [-0.39, 0.29) is 10.8 Å². The summed E-state index contributed by atoms with van der Waals surface area (Å²) in [6.07, 6.45) is 1.83. The fraction of sp³-hybridized carbons (Fsp3) is 0.350. The standard InChI is InChI=1S/C20H27NO2Si/c1-20(2,24(3,4)23)14-13-15-9-11-16(12-10-15)19(22)17-7-5-6-8-18(17)21/h5-12,23H,13-14,21H2,1-4H3. The van der Waals surface area contributed by atoms with Gasteiger partial charge in [-0.05, 0) is 48.7 Å². The summed E-state index contributed by atoms with van der Waals surface area (Å²) < 4.78 is 0. The number of ketones is 1. The van der Waals surface area contributed by atoms with Crippen LogP contribution in [0.3, 0.4) is 0 Å². The van der Waals surface area contributed by atoms with E-state index in [0.29, 0.717) is 16.8 Å². The number of para-hydroxylation sites is 1. The van der Waals surface area contributed by atoms with Crippen molar-refractivity contribution in [1.29, 1.82) is 0 Å². The van der Waals surface area contributed by atoms with Gasteiger partial charge in [-0.15, -0.1) is 0 Å². The summed E-state index contributed by atoms with van der Waals surface area (Å²) in [5, 5.41) is -0.0417. The van der Waals surface area contributed by atoms with Crippen LogP contribution in [-0.4, -0.2) is 18.9 Å². The lowest BCUT2D eigenvalue weighted by Crippen LogP contribution is -2.39. The number of nitrogen functional groups attached to an aromatic ring is 1. The Bertz CT molecular complexity index is 715. The van der Waals surface area contributed by atoms with Gasteiger partial charge in [0, 0.05) is 16.8 Å². The van der Waals surface area contributed by atoms with Crippen LogP contribution in [0.4, 0.5) is 5.69 Å². The average molecular weight is 342 g/mol. The Morgan fingerprint density at radius 3 is 2.21 bits per heavy atom. The first-order chi connectivity index (χ1) is 11.1. The van der Waals surface area contributed by atoms with Crippen molar-refractivity contribution in [2.45, 2.75) is 44.8 Å². The van der Waals surface area contributed by atoms with Crippen molar-refractivity contribution in [2.75, 3.05) is 5.73 Å². The molecule has 128 valence electrons. The minimum Gasteiger partial charge on any atom is -0.432 e. The maximum Gasteiger partial charge on any atom is 0.195 e. The van der Waals surface area contributed by atoms with Crippen LogP contribution in [0.2, 0.25) is 18.1 Å². The molecule has 2 aromatic carbocycles. The number of rotatable bonds is 6. The molecular formula is C20H27NO2Si. The largest absolute Gasteiger partial charge is 0.432 e. The van der Waals surface area contributed by atoms with E-state index in [2.05, 4.69) is 13.8 Å². The Morgan fingerprint density at radius 2 is 1.67 bits per heavy atom. The molecule has 0 atom stereocenters. The van der Waals surface area contributed by atoms with Crippen LogP contribution >= 0.6 is 0 Å². The van der Waals surface area contributed by atoms with Gasteiger partial charge in [0.25, 0.3) is 0 Å². The van der Waals surface area contributed by atoms with Gasteiger partial charge in [-0.2, -0.15) is 0 Å². The molecule has 4 heteroatoms. The number of benzene rings is 2. The second-order valence-corrected chi connectivity index (χ2v) is 12.0. The van der Waals surface area contributed by atoms with Crippen LogP contribution in [0.1, 0.15) is 41.8 Å². The van der Waals surface area contributed by atoms with E-state index in [1.165, 1.54) is 5.56 Å². The van der Waals surface area contributed by atoms with Gasteiger partial charge in [0.15, 0.2) is 14.1 Å². The topological polar surface area (TPSA) is 63.3 Å². The smallest absolute Gasteiger partial charge is 0.195 e. The molecular weight excluding hydrogens is 314 g/mol. The maximum absolute atomic E-state index is 12.5. The van der Waals surface area contributed by atoms with Crippen molar-refractivity contribution in [1.82, 2.24) is 0 Å². The summed E-state index contributed by atoms with van der Waals surface area (Å²) in [5.74, 6) is -0.0520. The molecule has 2 aromatic rings. The summed E-state index contributed by atoms with van der Waals surface area (Å²) in [7, 11) is -2.19. The third kappa shape index (κ3) is 4.13. The molecule has 0 aliphatic rings. The molecule has 3 nitrogen and oxygen atoms in total. The molecule has 0 unspecified atom stereocenters. The van der Waals surface area contributed by atoms with Crippen LogP contribution in [0.5, 0.6) is 0 Å². The molecule has 0 fully saturated rings. The highest BCUT2D eigenvalue weighted by Gasteiger charge is 2.37. The van der Waals surface area contributed by atoms with E-state index in [0.717, 1.165) is 12.8 Å². The molecule has 0 saturated carbocycles. The monoisotopic (exact) mass is 341 g/mol. The second kappa shape index (κ2) is 6.91. The van der Waals surface area contributed by atoms with Crippen LogP contribution in [0.15, 0.2) is 48.5 Å². The van der Waals surface area contributed by atoms with Crippen LogP contribution < -0.4 is 5.73 Å². The highest BCUT2D eigenvalue weighted by molar-refractivity contribution is 6.72. The summed E-state index contributed by atoms with van der Waals surface area (Å²) >= 11 is 0. The summed E-state index contributed by atoms with van der Waals surface area (Å²) in [6.45, 7) is 8.24. The lowest BCUT2D eigenvalue weighted by Gasteiger charge is -2.35. The van der Waals surface area contributed by atoms with Gasteiger partial charge >= 0.3 is 0 Å². The number of aryl methyl sites for hydroxylation is 1. The molecule has 0 amide bonds. The lowest BCUT2D eigenvalue weighted by atomic mass is 9.97. The zero-order valence-corrected chi connectivity index (χ0v) is 16.0. The minimum absolute atomic E-state index is 0.0417. The predicted molar refractivity (Wildman–Crippen MR) is 103 cm³/mol. The Balaban J connectivity index is 2.09. The van der Waals surface area contributed by atoms with Gasteiger partial charge in [0.05, 0.1) is 0 Å². The summed E-state index contributed by atoms with van der Waals surface area (Å²) in [4.78, 5) is 22.9. The fourth-order valence-corrected chi connectivity index (χ4v) is 3.18. The molecule has 0 aliphatic heterocycles. The van der Waals surface area contributed by atoms with E-state index in [4.69, 9.17) is 5.73 Å². The first-order valence-corrected chi connectivity index (χ1v) is 11.3. The Hall–Kier alpha value is -1.91. The Morgan fingerprint density at radius 1 is 1.08 bits per heavy atom. The normalized spacial score (nSPS) is 12.2. The molecule has 0 radical (unpaired) electrons.